The molecule has 0 spiro atoms. The van der Waals surface area contributed by atoms with Gasteiger partial charge in [-0.25, -0.2) is 0 Å². The van der Waals surface area contributed by atoms with Crippen molar-refractivity contribution in [1.29, 1.82) is 0 Å². The van der Waals surface area contributed by atoms with Gasteiger partial charge in [0.2, 0.25) is 0 Å². The molecule has 0 N–H and O–H groups in total. The molecule has 0 amide bonds. The molecule has 0 unspecified atom stereocenters. The van der Waals surface area contributed by atoms with Gasteiger partial charge >= 0.3 is 0 Å². The van der Waals surface area contributed by atoms with Crippen LogP contribution in [0.5, 0.6) is 11.5 Å². The second kappa shape index (κ2) is 10.3. The molecule has 2 nitrogen and oxygen atoms in total. The Morgan fingerprint density at radius 1 is 0.444 bits per heavy atom. The standard InChI is InChI=1S/C26H18O2S8/c1-3-27-17-19-21(35-25(33-19)23-29-13-9-5-6-10-14(13)30-23)18(28-4-2)22-20(17)34-26(36-22)24-31-15-11-7-8-12-16(15)32-24/h5-12H,3-4H2,1-2H3. The van der Waals surface area contributed by atoms with Crippen LogP contribution in [0.2, 0.25) is 0 Å². The first kappa shape index (κ1) is 24.6. The van der Waals surface area contributed by atoms with Gasteiger partial charge in [-0.05, 0) is 38.1 Å². The highest BCUT2D eigenvalue weighted by Crippen LogP contribution is 2.71. The summed E-state index contributed by atoms with van der Waals surface area (Å²) in [5.74, 6) is 2.03. The van der Waals surface area contributed by atoms with Gasteiger partial charge in [0.1, 0.15) is 11.5 Å². The molecule has 3 aromatic rings. The Bertz CT molecular complexity index is 1270. The summed E-state index contributed by atoms with van der Waals surface area (Å²) in [4.78, 5) is 10.2. The Morgan fingerprint density at radius 2 is 0.722 bits per heavy atom. The Balaban J connectivity index is 1.29. The molecule has 0 atom stereocenters. The molecule has 182 valence electrons. The van der Waals surface area contributed by atoms with Crippen molar-refractivity contribution >= 4 is 94.1 Å². The van der Waals surface area contributed by atoms with Crippen molar-refractivity contribution in [2.24, 2.45) is 0 Å². The van der Waals surface area contributed by atoms with Crippen LogP contribution in [-0.4, -0.2) is 13.2 Å². The maximum Gasteiger partial charge on any atom is 0.149 e. The molecule has 0 saturated heterocycles. The van der Waals surface area contributed by atoms with E-state index in [1.54, 1.807) is 0 Å². The van der Waals surface area contributed by atoms with Gasteiger partial charge in [0.15, 0.2) is 0 Å². The van der Waals surface area contributed by atoms with E-state index in [4.69, 9.17) is 9.47 Å². The average Bonchev–Trinajstić information content (AvgIpc) is 3.68. The summed E-state index contributed by atoms with van der Waals surface area (Å²) in [6.07, 6.45) is 0. The summed E-state index contributed by atoms with van der Waals surface area (Å²) < 4.78 is 18.1. The quantitative estimate of drug-likeness (QED) is 0.280. The zero-order valence-corrected chi connectivity index (χ0v) is 25.6. The van der Waals surface area contributed by atoms with Gasteiger partial charge in [0, 0.05) is 19.6 Å². The lowest BCUT2D eigenvalue weighted by molar-refractivity contribution is 0.300. The van der Waals surface area contributed by atoms with E-state index in [0.29, 0.717) is 13.2 Å². The van der Waals surface area contributed by atoms with Crippen molar-refractivity contribution in [3.8, 4) is 11.5 Å². The lowest BCUT2D eigenvalue weighted by atomic mass is 10.3. The Hall–Kier alpha value is -0.460. The molecule has 0 radical (unpaired) electrons. The first-order valence-corrected chi connectivity index (χ1v) is 17.9. The van der Waals surface area contributed by atoms with Crippen LogP contribution in [0.4, 0.5) is 0 Å². The summed E-state index contributed by atoms with van der Waals surface area (Å²) in [6.45, 7) is 5.44. The number of thioether (sulfide) groups is 8. The van der Waals surface area contributed by atoms with E-state index >= 15 is 0 Å². The average molecular weight is 619 g/mol. The molecule has 4 aliphatic heterocycles. The molecule has 0 aromatic heterocycles. The fraction of sp³-hybridized carbons (Fsp3) is 0.154. The van der Waals surface area contributed by atoms with Crippen molar-refractivity contribution in [3.63, 3.8) is 0 Å². The first-order valence-electron chi connectivity index (χ1n) is 11.3. The largest absolute Gasteiger partial charge is 0.491 e. The van der Waals surface area contributed by atoms with Crippen LogP contribution in [0.3, 0.4) is 0 Å². The van der Waals surface area contributed by atoms with Gasteiger partial charge in [-0.1, -0.05) is 118 Å². The molecule has 4 aliphatic rings. The zero-order valence-electron chi connectivity index (χ0n) is 19.1. The van der Waals surface area contributed by atoms with Crippen molar-refractivity contribution in [2.45, 2.75) is 53.0 Å². The molecule has 4 heterocycles. The molecule has 3 aromatic carbocycles. The first-order chi connectivity index (χ1) is 17.7. The molecule has 36 heavy (non-hydrogen) atoms. The normalized spacial score (nSPS) is 17.4. The maximum absolute atomic E-state index is 6.37. The van der Waals surface area contributed by atoms with Crippen LogP contribution < -0.4 is 9.47 Å². The van der Waals surface area contributed by atoms with Crippen LogP contribution in [0, 0.1) is 0 Å². The van der Waals surface area contributed by atoms with Crippen LogP contribution in [0.25, 0.3) is 0 Å². The van der Waals surface area contributed by atoms with Crippen LogP contribution in [0.1, 0.15) is 13.8 Å². The molecule has 0 saturated carbocycles. The summed E-state index contributed by atoms with van der Waals surface area (Å²) in [6, 6.07) is 17.3. The number of fused-ring (bicyclic) bond motifs is 4. The topological polar surface area (TPSA) is 18.5 Å². The highest BCUT2D eigenvalue weighted by atomic mass is 32.2. The summed E-state index contributed by atoms with van der Waals surface area (Å²) >= 11 is 14.9. The maximum atomic E-state index is 6.37. The number of benzene rings is 3. The van der Waals surface area contributed by atoms with E-state index in [2.05, 4.69) is 62.4 Å². The van der Waals surface area contributed by atoms with E-state index in [9.17, 15) is 0 Å². The van der Waals surface area contributed by atoms with Crippen molar-refractivity contribution < 1.29 is 9.47 Å². The Labute approximate surface area is 244 Å². The molecular weight excluding hydrogens is 601 g/mol. The van der Waals surface area contributed by atoms with Gasteiger partial charge in [-0.3, -0.25) is 0 Å². The number of rotatable bonds is 4. The lowest BCUT2D eigenvalue weighted by Crippen LogP contribution is -2.00. The third-order valence-electron chi connectivity index (χ3n) is 5.44. The summed E-state index contributed by atoms with van der Waals surface area (Å²) in [5, 5.41) is 0. The van der Waals surface area contributed by atoms with Gasteiger partial charge in [0.25, 0.3) is 0 Å². The Morgan fingerprint density at radius 3 is 1.00 bits per heavy atom. The summed E-state index contributed by atoms with van der Waals surface area (Å²) in [5.41, 5.74) is 0. The monoisotopic (exact) mass is 618 g/mol. The highest BCUT2D eigenvalue weighted by Gasteiger charge is 2.39. The second-order valence-corrected chi connectivity index (χ2v) is 17.0. The smallest absolute Gasteiger partial charge is 0.149 e. The predicted molar refractivity (Wildman–Crippen MR) is 163 cm³/mol. The minimum atomic E-state index is 0.644. The number of hydrogen-bond donors (Lipinski definition) is 0. The van der Waals surface area contributed by atoms with E-state index in [1.807, 2.05) is 94.1 Å². The van der Waals surface area contributed by atoms with Crippen LogP contribution in [0.15, 0.2) is 105 Å². The predicted octanol–water partition coefficient (Wildman–Crippen LogP) is 10.9. The molecular formula is C26H18O2S8. The van der Waals surface area contributed by atoms with Gasteiger partial charge in [0.05, 0.1) is 49.7 Å². The minimum Gasteiger partial charge on any atom is -0.491 e. The molecule has 0 aliphatic carbocycles. The van der Waals surface area contributed by atoms with Crippen molar-refractivity contribution in [2.75, 3.05) is 13.2 Å². The number of hydrogen-bond acceptors (Lipinski definition) is 10. The SMILES string of the molecule is CCOc1c2c(c(OCC)c3c1SC(=C1Sc4ccccc4S1)S3)SC(=C1Sc3ccccc3S1)S2. The lowest BCUT2D eigenvalue weighted by Gasteiger charge is -2.16. The van der Waals surface area contributed by atoms with Crippen LogP contribution in [-0.2, 0) is 0 Å². The van der Waals surface area contributed by atoms with Gasteiger partial charge in [-0.15, -0.1) is 0 Å². The molecule has 10 heteroatoms. The Kier molecular flexibility index (Phi) is 7.00. The third-order valence-corrected chi connectivity index (χ3v) is 16.8. The van der Waals surface area contributed by atoms with E-state index < -0.39 is 0 Å². The summed E-state index contributed by atoms with van der Waals surface area (Å²) in [7, 11) is 0. The van der Waals surface area contributed by atoms with Gasteiger partial charge in [-0.2, -0.15) is 0 Å². The molecule has 0 fully saturated rings. The number of ether oxygens (including phenoxy) is 2. The zero-order chi connectivity index (χ0) is 24.2. The second-order valence-electron chi connectivity index (χ2n) is 7.70. The fourth-order valence-corrected chi connectivity index (χ4v) is 15.1. The van der Waals surface area contributed by atoms with Crippen molar-refractivity contribution in [1.82, 2.24) is 0 Å². The molecule has 7 rings (SSSR count). The van der Waals surface area contributed by atoms with Crippen molar-refractivity contribution in [3.05, 3.63) is 65.5 Å². The van der Waals surface area contributed by atoms with E-state index in [1.165, 1.54) is 56.1 Å². The van der Waals surface area contributed by atoms with Crippen LogP contribution >= 0.6 is 94.1 Å². The van der Waals surface area contributed by atoms with E-state index in [-0.39, 0.29) is 0 Å². The molecule has 0 bridgehead atoms. The van der Waals surface area contributed by atoms with E-state index in [0.717, 1.165) is 11.5 Å². The third kappa shape index (κ3) is 4.24. The fourth-order valence-electron chi connectivity index (χ4n) is 3.96. The minimum absolute atomic E-state index is 0.644. The van der Waals surface area contributed by atoms with Gasteiger partial charge < -0.3 is 9.47 Å². The highest BCUT2D eigenvalue weighted by molar-refractivity contribution is 8.31.